The van der Waals surface area contributed by atoms with Gasteiger partial charge < -0.3 is 5.11 Å². The zero-order valence-electron chi connectivity index (χ0n) is 11.5. The minimum atomic E-state index is -0.933. The molecule has 21 heavy (non-hydrogen) atoms. The number of hydrogen-bond acceptors (Lipinski definition) is 4. The van der Waals surface area contributed by atoms with Gasteiger partial charge in [-0.25, -0.2) is 0 Å². The Kier molecular flexibility index (Phi) is 4.90. The topological polar surface area (TPSA) is 93.4 Å². The molecule has 0 bridgehead atoms. The van der Waals surface area contributed by atoms with Gasteiger partial charge in [-0.3, -0.25) is 19.8 Å². The number of rotatable bonds is 7. The fourth-order valence-corrected chi connectivity index (χ4v) is 2.18. The first-order chi connectivity index (χ1) is 10.1. The maximum absolute atomic E-state index is 12.2. The highest BCUT2D eigenvalue weighted by Crippen LogP contribution is 2.32. The van der Waals surface area contributed by atoms with Crippen molar-refractivity contribution in [3.63, 3.8) is 0 Å². The third-order valence-electron chi connectivity index (χ3n) is 3.43. The largest absolute Gasteiger partial charge is 0.480 e. The summed E-state index contributed by atoms with van der Waals surface area (Å²) in [5, 5.41) is 20.8. The van der Waals surface area contributed by atoms with Crippen LogP contribution in [0.4, 0.5) is 5.69 Å². The van der Waals surface area contributed by atoms with E-state index in [1.54, 1.807) is 24.3 Å². The van der Waals surface area contributed by atoms with Crippen molar-refractivity contribution in [1.29, 1.82) is 5.26 Å². The fourth-order valence-electron chi connectivity index (χ4n) is 2.18. The normalized spacial score (nSPS) is 15.0. The minimum Gasteiger partial charge on any atom is -0.480 e. The number of para-hydroxylation sites is 1. The lowest BCUT2D eigenvalue weighted by Crippen LogP contribution is -2.46. The summed E-state index contributed by atoms with van der Waals surface area (Å²) < 4.78 is 0. The van der Waals surface area contributed by atoms with Crippen LogP contribution in [0.2, 0.25) is 0 Å². The Balaban J connectivity index is 1.99. The smallest absolute Gasteiger partial charge is 0.320 e. The Morgan fingerprint density at radius 1 is 1.38 bits per heavy atom. The summed E-state index contributed by atoms with van der Waals surface area (Å²) in [5.74, 6) is -1.14. The first-order valence-electron chi connectivity index (χ1n) is 6.82. The highest BCUT2D eigenvalue weighted by Gasteiger charge is 2.36. The Morgan fingerprint density at radius 3 is 2.57 bits per heavy atom. The maximum atomic E-state index is 12.2. The van der Waals surface area contributed by atoms with Gasteiger partial charge in [0, 0.05) is 5.69 Å². The predicted octanol–water partition coefficient (Wildman–Crippen LogP) is 0.996. The van der Waals surface area contributed by atoms with Gasteiger partial charge in [0.2, 0.25) is 5.91 Å². The molecule has 110 valence electrons. The number of carboxylic acids is 1. The molecule has 1 atom stereocenters. The molecule has 0 heterocycles. The van der Waals surface area contributed by atoms with Crippen molar-refractivity contribution in [3.8, 4) is 6.07 Å². The lowest BCUT2D eigenvalue weighted by molar-refractivity contribution is -0.140. The molecule has 1 aromatic carbocycles. The van der Waals surface area contributed by atoms with Gasteiger partial charge in [-0.05, 0) is 30.9 Å². The number of nitrogens with zero attached hydrogens (tertiary/aromatic N) is 2. The third-order valence-corrected chi connectivity index (χ3v) is 3.43. The molecule has 0 aliphatic heterocycles. The van der Waals surface area contributed by atoms with E-state index in [0.717, 1.165) is 12.8 Å². The SMILES string of the molecule is N#CCN(C(=O)CNC(C(=O)O)C1CC1)c1ccccc1. The van der Waals surface area contributed by atoms with Crippen molar-refractivity contribution < 1.29 is 14.7 Å². The van der Waals surface area contributed by atoms with Crippen molar-refractivity contribution in [1.82, 2.24) is 5.32 Å². The molecular weight excluding hydrogens is 270 g/mol. The van der Waals surface area contributed by atoms with E-state index in [9.17, 15) is 9.59 Å². The van der Waals surface area contributed by atoms with E-state index in [-0.39, 0.29) is 24.9 Å². The molecule has 0 aromatic heterocycles. The Hall–Kier alpha value is -2.39. The van der Waals surface area contributed by atoms with Gasteiger partial charge in [0.1, 0.15) is 12.6 Å². The maximum Gasteiger partial charge on any atom is 0.320 e. The number of carbonyl (C=O) groups is 2. The number of carboxylic acid groups (broad SMARTS) is 1. The van der Waals surface area contributed by atoms with Crippen LogP contribution in [0.1, 0.15) is 12.8 Å². The molecule has 1 amide bonds. The first-order valence-corrected chi connectivity index (χ1v) is 6.82. The quantitative estimate of drug-likeness (QED) is 0.730. The summed E-state index contributed by atoms with van der Waals surface area (Å²) in [7, 11) is 0. The number of benzene rings is 1. The molecule has 6 heteroatoms. The van der Waals surface area contributed by atoms with Crippen molar-refractivity contribution in [2.24, 2.45) is 5.92 Å². The molecule has 2 N–H and O–H groups in total. The summed E-state index contributed by atoms with van der Waals surface area (Å²) in [4.78, 5) is 24.7. The van der Waals surface area contributed by atoms with Crippen LogP contribution in [-0.4, -0.2) is 36.1 Å². The van der Waals surface area contributed by atoms with Crippen LogP contribution in [0.15, 0.2) is 30.3 Å². The minimum absolute atomic E-state index is 0.0638. The van der Waals surface area contributed by atoms with E-state index >= 15 is 0 Å². The Bertz CT molecular complexity index is 549. The third kappa shape index (κ3) is 4.04. The lowest BCUT2D eigenvalue weighted by Gasteiger charge is -2.21. The molecule has 0 saturated heterocycles. The predicted molar refractivity (Wildman–Crippen MR) is 76.6 cm³/mol. The Labute approximate surface area is 123 Å². The zero-order chi connectivity index (χ0) is 15.2. The van der Waals surface area contributed by atoms with Crippen LogP contribution in [-0.2, 0) is 9.59 Å². The molecule has 1 aromatic rings. The summed E-state index contributed by atoms with van der Waals surface area (Å²) in [6.07, 6.45) is 1.75. The van der Waals surface area contributed by atoms with Gasteiger partial charge in [-0.1, -0.05) is 18.2 Å². The highest BCUT2D eigenvalue weighted by atomic mass is 16.4. The number of amides is 1. The van der Waals surface area contributed by atoms with Crippen LogP contribution >= 0.6 is 0 Å². The monoisotopic (exact) mass is 287 g/mol. The molecule has 1 unspecified atom stereocenters. The van der Waals surface area contributed by atoms with Crippen molar-refractivity contribution in [3.05, 3.63) is 30.3 Å². The van der Waals surface area contributed by atoms with Crippen LogP contribution < -0.4 is 10.2 Å². The molecule has 0 spiro atoms. The molecule has 1 fully saturated rings. The Morgan fingerprint density at radius 2 is 2.05 bits per heavy atom. The van der Waals surface area contributed by atoms with Crippen molar-refractivity contribution >= 4 is 17.6 Å². The van der Waals surface area contributed by atoms with E-state index < -0.39 is 12.0 Å². The highest BCUT2D eigenvalue weighted by molar-refractivity contribution is 5.95. The van der Waals surface area contributed by atoms with Crippen LogP contribution in [0.5, 0.6) is 0 Å². The number of aliphatic carboxylic acids is 1. The second kappa shape index (κ2) is 6.86. The summed E-state index contributed by atoms with van der Waals surface area (Å²) in [6, 6.07) is 10.1. The number of carbonyl (C=O) groups excluding carboxylic acids is 1. The van der Waals surface area contributed by atoms with Crippen molar-refractivity contribution in [2.45, 2.75) is 18.9 Å². The van der Waals surface area contributed by atoms with E-state index in [1.165, 1.54) is 4.90 Å². The molecule has 1 saturated carbocycles. The van der Waals surface area contributed by atoms with E-state index in [4.69, 9.17) is 10.4 Å². The number of hydrogen-bond donors (Lipinski definition) is 2. The summed E-state index contributed by atoms with van der Waals surface area (Å²) >= 11 is 0. The van der Waals surface area contributed by atoms with E-state index in [1.807, 2.05) is 12.1 Å². The van der Waals surface area contributed by atoms with Crippen molar-refractivity contribution in [2.75, 3.05) is 18.0 Å². The second-order valence-electron chi connectivity index (χ2n) is 5.01. The molecule has 1 aliphatic rings. The number of nitriles is 1. The van der Waals surface area contributed by atoms with Crippen LogP contribution in [0, 0.1) is 17.2 Å². The van der Waals surface area contributed by atoms with Gasteiger partial charge in [-0.2, -0.15) is 5.26 Å². The fraction of sp³-hybridized carbons (Fsp3) is 0.400. The average Bonchev–Trinajstić information content (AvgIpc) is 3.30. The molecule has 2 rings (SSSR count). The van der Waals surface area contributed by atoms with Gasteiger partial charge in [0.15, 0.2) is 0 Å². The zero-order valence-corrected chi connectivity index (χ0v) is 11.5. The van der Waals surface area contributed by atoms with Gasteiger partial charge in [0.05, 0.1) is 12.6 Å². The van der Waals surface area contributed by atoms with Gasteiger partial charge in [0.25, 0.3) is 0 Å². The molecule has 6 nitrogen and oxygen atoms in total. The molecule has 1 aliphatic carbocycles. The molecular formula is C15H17N3O3. The summed E-state index contributed by atoms with van der Waals surface area (Å²) in [6.45, 7) is -0.157. The number of nitrogens with one attached hydrogen (secondary N) is 1. The summed E-state index contributed by atoms with van der Waals surface area (Å²) in [5.41, 5.74) is 0.629. The van der Waals surface area contributed by atoms with Gasteiger partial charge >= 0.3 is 5.97 Å². The average molecular weight is 287 g/mol. The van der Waals surface area contributed by atoms with E-state index in [2.05, 4.69) is 5.32 Å². The first kappa shape index (κ1) is 15.0. The second-order valence-corrected chi connectivity index (χ2v) is 5.01. The number of anilines is 1. The lowest BCUT2D eigenvalue weighted by atomic mass is 10.2. The standard InChI is InChI=1S/C15H17N3O3/c16-8-9-18(12-4-2-1-3-5-12)13(19)10-17-14(15(20)21)11-6-7-11/h1-5,11,14,17H,6-7,9-10H2,(H,20,21). The van der Waals surface area contributed by atoms with E-state index in [0.29, 0.717) is 5.69 Å². The van der Waals surface area contributed by atoms with Crippen LogP contribution in [0.3, 0.4) is 0 Å². The van der Waals surface area contributed by atoms with Crippen LogP contribution in [0.25, 0.3) is 0 Å². The molecule has 0 radical (unpaired) electrons. The van der Waals surface area contributed by atoms with Gasteiger partial charge in [-0.15, -0.1) is 0 Å².